The zero-order valence-electron chi connectivity index (χ0n) is 12.5. The van der Waals surface area contributed by atoms with E-state index >= 15 is 0 Å². The number of nitrogens with one attached hydrogen (secondary N) is 1. The summed E-state index contributed by atoms with van der Waals surface area (Å²) in [5.41, 5.74) is 5.58. The lowest BCUT2D eigenvalue weighted by molar-refractivity contribution is 0.0915. The predicted octanol–water partition coefficient (Wildman–Crippen LogP) is 2.99. The lowest BCUT2D eigenvalue weighted by Crippen LogP contribution is -2.48. The Morgan fingerprint density at radius 1 is 1.32 bits per heavy atom. The summed E-state index contributed by atoms with van der Waals surface area (Å²) in [4.78, 5) is 16.1. The summed E-state index contributed by atoms with van der Waals surface area (Å²) < 4.78 is 5.64. The smallest absolute Gasteiger partial charge is 0.251 e. The number of rotatable bonds is 5. The van der Waals surface area contributed by atoms with E-state index in [1.807, 2.05) is 13.8 Å². The standard InChI is InChI=1S/C16H18ClN3O2/c1-16(2,10-18)20-15(21)11-3-4-14(13(17)9-11)22-12-5-7-19-8-6-12/h3-9H,10,18H2,1-2H3,(H,20,21). The van der Waals surface area contributed by atoms with Crippen LogP contribution in [0.2, 0.25) is 5.02 Å². The van der Waals surface area contributed by atoms with Gasteiger partial charge >= 0.3 is 0 Å². The first-order valence-corrected chi connectivity index (χ1v) is 7.19. The molecule has 22 heavy (non-hydrogen) atoms. The number of nitrogens with zero attached hydrogens (tertiary/aromatic N) is 1. The summed E-state index contributed by atoms with van der Waals surface area (Å²) in [6.07, 6.45) is 3.25. The lowest BCUT2D eigenvalue weighted by Gasteiger charge is -2.24. The molecule has 3 N–H and O–H groups in total. The molecule has 1 amide bonds. The molecule has 0 spiro atoms. The lowest BCUT2D eigenvalue weighted by atomic mass is 10.1. The molecule has 0 atom stereocenters. The Morgan fingerprint density at radius 3 is 2.59 bits per heavy atom. The number of hydrogen-bond donors (Lipinski definition) is 2. The van der Waals surface area contributed by atoms with Gasteiger partial charge in [-0.25, -0.2) is 0 Å². The second kappa shape index (κ2) is 6.77. The monoisotopic (exact) mass is 319 g/mol. The van der Waals surface area contributed by atoms with Crippen molar-refractivity contribution in [1.29, 1.82) is 0 Å². The molecule has 1 aromatic heterocycles. The zero-order chi connectivity index (χ0) is 16.2. The number of pyridine rings is 1. The minimum absolute atomic E-state index is 0.229. The van der Waals surface area contributed by atoms with Crippen LogP contribution >= 0.6 is 11.6 Å². The first kappa shape index (κ1) is 16.3. The Hall–Kier alpha value is -2.11. The molecule has 2 aromatic rings. The van der Waals surface area contributed by atoms with Crippen molar-refractivity contribution < 1.29 is 9.53 Å². The van der Waals surface area contributed by atoms with Crippen molar-refractivity contribution >= 4 is 17.5 Å². The maximum atomic E-state index is 12.2. The number of carbonyl (C=O) groups is 1. The number of amides is 1. The van der Waals surface area contributed by atoms with Crippen LogP contribution < -0.4 is 15.8 Å². The Morgan fingerprint density at radius 2 is 2.00 bits per heavy atom. The highest BCUT2D eigenvalue weighted by Gasteiger charge is 2.19. The number of carbonyl (C=O) groups excluding carboxylic acids is 1. The van der Waals surface area contributed by atoms with Crippen molar-refractivity contribution in [3.8, 4) is 11.5 Å². The van der Waals surface area contributed by atoms with Gasteiger partial charge < -0.3 is 15.8 Å². The van der Waals surface area contributed by atoms with Gasteiger partial charge in [0.15, 0.2) is 0 Å². The Bertz CT molecular complexity index is 660. The van der Waals surface area contributed by atoms with E-state index < -0.39 is 5.54 Å². The quantitative estimate of drug-likeness (QED) is 0.888. The van der Waals surface area contributed by atoms with Crippen molar-refractivity contribution in [2.24, 2.45) is 5.73 Å². The maximum Gasteiger partial charge on any atom is 0.251 e. The van der Waals surface area contributed by atoms with Gasteiger partial charge in [-0.3, -0.25) is 9.78 Å². The molecule has 116 valence electrons. The second-order valence-electron chi connectivity index (χ2n) is 5.47. The van der Waals surface area contributed by atoms with E-state index in [1.165, 1.54) is 0 Å². The average molecular weight is 320 g/mol. The van der Waals surface area contributed by atoms with Crippen molar-refractivity contribution in [2.75, 3.05) is 6.54 Å². The Labute approximate surface area is 134 Å². The summed E-state index contributed by atoms with van der Waals surface area (Å²) in [5.74, 6) is 0.869. The zero-order valence-corrected chi connectivity index (χ0v) is 13.2. The van der Waals surface area contributed by atoms with Crippen molar-refractivity contribution in [2.45, 2.75) is 19.4 Å². The highest BCUT2D eigenvalue weighted by Crippen LogP contribution is 2.29. The van der Waals surface area contributed by atoms with Crippen LogP contribution in [-0.2, 0) is 0 Å². The van der Waals surface area contributed by atoms with Gasteiger partial charge in [-0.15, -0.1) is 0 Å². The molecule has 5 nitrogen and oxygen atoms in total. The first-order valence-electron chi connectivity index (χ1n) is 6.81. The molecule has 0 unspecified atom stereocenters. The fraction of sp³-hybridized carbons (Fsp3) is 0.250. The molecule has 0 saturated heterocycles. The van der Waals surface area contributed by atoms with Crippen LogP contribution in [0.15, 0.2) is 42.7 Å². The van der Waals surface area contributed by atoms with E-state index in [-0.39, 0.29) is 5.91 Å². The third-order valence-corrected chi connectivity index (χ3v) is 3.33. The van der Waals surface area contributed by atoms with E-state index in [1.54, 1.807) is 42.7 Å². The van der Waals surface area contributed by atoms with Crippen LogP contribution in [-0.4, -0.2) is 23.0 Å². The van der Waals surface area contributed by atoms with Gasteiger partial charge in [0.1, 0.15) is 11.5 Å². The average Bonchev–Trinajstić information content (AvgIpc) is 2.50. The van der Waals surface area contributed by atoms with Gasteiger partial charge in [0.2, 0.25) is 0 Å². The highest BCUT2D eigenvalue weighted by atomic mass is 35.5. The molecule has 0 aliphatic carbocycles. The SMILES string of the molecule is CC(C)(CN)NC(=O)c1ccc(Oc2ccncc2)c(Cl)c1. The minimum Gasteiger partial charge on any atom is -0.456 e. The molecule has 1 aromatic carbocycles. The number of halogens is 1. The van der Waals surface area contributed by atoms with E-state index in [0.717, 1.165) is 0 Å². The van der Waals surface area contributed by atoms with Crippen molar-refractivity contribution in [3.63, 3.8) is 0 Å². The Kier molecular flexibility index (Phi) is 5.00. The van der Waals surface area contributed by atoms with Crippen LogP contribution in [0.4, 0.5) is 0 Å². The molecule has 6 heteroatoms. The largest absolute Gasteiger partial charge is 0.456 e. The van der Waals surface area contributed by atoms with E-state index in [9.17, 15) is 4.79 Å². The van der Waals surface area contributed by atoms with Gasteiger partial charge in [-0.05, 0) is 44.2 Å². The van der Waals surface area contributed by atoms with Gasteiger partial charge in [-0.1, -0.05) is 11.6 Å². The number of aromatic nitrogens is 1. The van der Waals surface area contributed by atoms with Crippen LogP contribution in [0.5, 0.6) is 11.5 Å². The summed E-state index contributed by atoms with van der Waals surface area (Å²) in [6, 6.07) is 8.33. The van der Waals surface area contributed by atoms with Gasteiger partial charge in [0.05, 0.1) is 5.02 Å². The van der Waals surface area contributed by atoms with Crippen LogP contribution in [0.25, 0.3) is 0 Å². The number of ether oxygens (including phenoxy) is 1. The van der Waals surface area contributed by atoms with Crippen molar-refractivity contribution in [1.82, 2.24) is 10.3 Å². The molecule has 0 saturated carbocycles. The molecule has 0 fully saturated rings. The summed E-state index contributed by atoms with van der Waals surface area (Å²) in [7, 11) is 0. The van der Waals surface area contributed by atoms with Gasteiger partial charge in [0, 0.05) is 30.0 Å². The number of nitrogens with two attached hydrogens (primary N) is 1. The molecule has 2 rings (SSSR count). The fourth-order valence-electron chi connectivity index (χ4n) is 1.69. The van der Waals surface area contributed by atoms with E-state index in [0.29, 0.717) is 28.6 Å². The van der Waals surface area contributed by atoms with Crippen LogP contribution in [0.3, 0.4) is 0 Å². The van der Waals surface area contributed by atoms with Gasteiger partial charge in [0.25, 0.3) is 5.91 Å². The summed E-state index contributed by atoms with van der Waals surface area (Å²) >= 11 is 6.18. The third-order valence-electron chi connectivity index (χ3n) is 3.03. The maximum absolute atomic E-state index is 12.2. The van der Waals surface area contributed by atoms with Crippen LogP contribution in [0.1, 0.15) is 24.2 Å². The normalized spacial score (nSPS) is 11.1. The summed E-state index contributed by atoms with van der Waals surface area (Å²) in [5, 5.41) is 3.20. The fourth-order valence-corrected chi connectivity index (χ4v) is 1.91. The molecule has 0 aliphatic rings. The van der Waals surface area contributed by atoms with Crippen molar-refractivity contribution in [3.05, 3.63) is 53.3 Å². The molecule has 0 bridgehead atoms. The first-order chi connectivity index (χ1) is 10.4. The van der Waals surface area contributed by atoms with Gasteiger partial charge in [-0.2, -0.15) is 0 Å². The topological polar surface area (TPSA) is 77.2 Å². The molecule has 0 aliphatic heterocycles. The molecular formula is C16H18ClN3O2. The molecule has 0 radical (unpaired) electrons. The van der Waals surface area contributed by atoms with E-state index in [2.05, 4.69) is 10.3 Å². The summed E-state index contributed by atoms with van der Waals surface area (Å²) in [6.45, 7) is 4.05. The Balaban J connectivity index is 2.14. The number of hydrogen-bond acceptors (Lipinski definition) is 4. The predicted molar refractivity (Wildman–Crippen MR) is 86.4 cm³/mol. The second-order valence-corrected chi connectivity index (χ2v) is 5.88. The highest BCUT2D eigenvalue weighted by molar-refractivity contribution is 6.32. The molecular weight excluding hydrogens is 302 g/mol. The minimum atomic E-state index is -0.476. The third kappa shape index (κ3) is 4.19. The van der Waals surface area contributed by atoms with Crippen LogP contribution in [0, 0.1) is 0 Å². The molecule has 1 heterocycles. The number of benzene rings is 1. The van der Waals surface area contributed by atoms with E-state index in [4.69, 9.17) is 22.1 Å².